The van der Waals surface area contributed by atoms with E-state index in [2.05, 4.69) is 0 Å². The van der Waals surface area contributed by atoms with Gasteiger partial charge in [0.05, 0.1) is 7.11 Å². The van der Waals surface area contributed by atoms with Crippen LogP contribution in [0.3, 0.4) is 0 Å². The van der Waals surface area contributed by atoms with Crippen LogP contribution in [0.1, 0.15) is 5.56 Å². The molecular weight excluding hydrogens is 348 g/mol. The minimum absolute atomic E-state index is 0.622. The summed E-state index contributed by atoms with van der Waals surface area (Å²) < 4.78 is 38.7. The van der Waals surface area contributed by atoms with Crippen LogP contribution < -0.4 is 9.92 Å². The second kappa shape index (κ2) is 9.63. The first-order valence-corrected chi connectivity index (χ1v) is 11.1. The van der Waals surface area contributed by atoms with Gasteiger partial charge in [-0.05, 0) is 24.1 Å². The molecule has 0 amide bonds. The molecule has 0 saturated carbocycles. The zero-order valence-corrected chi connectivity index (χ0v) is 17.5. The standard InChI is InChI=1S/C15H28O7Si2/c1-16-14-9-8-13(10-11-23(17-2,18-3)19-4)15(12-14)24(20-5,21-6)22-7/h8-9,12H,10-11H2,1-7H3. The fourth-order valence-electron chi connectivity index (χ4n) is 2.61. The van der Waals surface area contributed by atoms with Crippen molar-refractivity contribution in [2.24, 2.45) is 0 Å². The van der Waals surface area contributed by atoms with Crippen molar-refractivity contribution in [2.75, 3.05) is 49.8 Å². The third-order valence-corrected chi connectivity index (χ3v) is 9.55. The molecule has 0 heterocycles. The first-order chi connectivity index (χ1) is 11.5. The van der Waals surface area contributed by atoms with E-state index in [9.17, 15) is 0 Å². The first-order valence-electron chi connectivity index (χ1n) is 7.48. The van der Waals surface area contributed by atoms with Gasteiger partial charge in [0.1, 0.15) is 5.75 Å². The number of hydrogen-bond acceptors (Lipinski definition) is 7. The van der Waals surface area contributed by atoms with Crippen LogP contribution in [-0.2, 0) is 33.0 Å². The molecule has 0 N–H and O–H groups in total. The number of hydrogen-bond donors (Lipinski definition) is 0. The Morgan fingerprint density at radius 2 is 1.29 bits per heavy atom. The zero-order valence-electron chi connectivity index (χ0n) is 15.5. The fourth-order valence-corrected chi connectivity index (χ4v) is 6.38. The van der Waals surface area contributed by atoms with Crippen molar-refractivity contribution in [1.29, 1.82) is 0 Å². The summed E-state index contributed by atoms with van der Waals surface area (Å²) >= 11 is 0. The molecule has 7 nitrogen and oxygen atoms in total. The van der Waals surface area contributed by atoms with E-state index in [4.69, 9.17) is 31.3 Å². The third kappa shape index (κ3) is 4.43. The topological polar surface area (TPSA) is 64.6 Å². The third-order valence-electron chi connectivity index (χ3n) is 4.09. The van der Waals surface area contributed by atoms with E-state index in [0.29, 0.717) is 18.2 Å². The normalized spacial score (nSPS) is 12.5. The van der Waals surface area contributed by atoms with Gasteiger partial charge in [-0.15, -0.1) is 0 Å². The molecule has 0 atom stereocenters. The largest absolute Gasteiger partial charge is 0.536 e. The predicted molar refractivity (Wildman–Crippen MR) is 94.7 cm³/mol. The number of aryl methyl sites for hydroxylation is 1. The van der Waals surface area contributed by atoms with Crippen LogP contribution in [0.5, 0.6) is 5.75 Å². The number of methoxy groups -OCH3 is 1. The van der Waals surface area contributed by atoms with Crippen molar-refractivity contribution in [3.63, 3.8) is 0 Å². The van der Waals surface area contributed by atoms with Crippen molar-refractivity contribution in [3.05, 3.63) is 23.8 Å². The number of benzene rings is 1. The lowest BCUT2D eigenvalue weighted by molar-refractivity contribution is 0.123. The molecule has 1 rings (SSSR count). The van der Waals surface area contributed by atoms with Crippen molar-refractivity contribution in [2.45, 2.75) is 12.5 Å². The van der Waals surface area contributed by atoms with Crippen LogP contribution in [0.25, 0.3) is 0 Å². The van der Waals surface area contributed by atoms with Gasteiger partial charge in [0.15, 0.2) is 0 Å². The van der Waals surface area contributed by atoms with Crippen LogP contribution in [0.4, 0.5) is 0 Å². The van der Waals surface area contributed by atoms with E-state index in [1.165, 1.54) is 0 Å². The van der Waals surface area contributed by atoms with Gasteiger partial charge in [-0.1, -0.05) is 6.07 Å². The Kier molecular flexibility index (Phi) is 8.53. The Labute approximate surface area is 146 Å². The molecular formula is C15H28O7Si2. The number of ether oxygens (including phenoxy) is 1. The Morgan fingerprint density at radius 3 is 1.71 bits per heavy atom. The maximum absolute atomic E-state index is 5.63. The van der Waals surface area contributed by atoms with Crippen LogP contribution >= 0.6 is 0 Å². The molecule has 0 bridgehead atoms. The molecule has 0 aliphatic heterocycles. The smallest absolute Gasteiger partial charge is 0.497 e. The average Bonchev–Trinajstić information content (AvgIpc) is 2.65. The molecule has 0 radical (unpaired) electrons. The molecule has 0 fully saturated rings. The zero-order chi connectivity index (χ0) is 18.2. The molecule has 138 valence electrons. The first kappa shape index (κ1) is 21.3. The summed E-state index contributed by atoms with van der Waals surface area (Å²) in [5, 5.41) is 0.862. The van der Waals surface area contributed by atoms with E-state index in [1.54, 1.807) is 49.8 Å². The summed E-state index contributed by atoms with van der Waals surface area (Å²) in [4.78, 5) is 0. The van der Waals surface area contributed by atoms with Crippen LogP contribution in [-0.4, -0.2) is 67.4 Å². The predicted octanol–water partition coefficient (Wildman–Crippen LogP) is 1.20. The maximum atomic E-state index is 5.63. The van der Waals surface area contributed by atoms with E-state index >= 15 is 0 Å². The van der Waals surface area contributed by atoms with Gasteiger partial charge < -0.3 is 31.3 Å². The highest BCUT2D eigenvalue weighted by molar-refractivity contribution is 6.75. The SMILES string of the molecule is COc1ccc(CC[Si](OC)(OC)OC)c([Si](OC)(OC)OC)c1. The highest BCUT2D eigenvalue weighted by Gasteiger charge is 2.44. The average molecular weight is 377 g/mol. The van der Waals surface area contributed by atoms with Gasteiger partial charge in [-0.25, -0.2) is 0 Å². The summed E-state index contributed by atoms with van der Waals surface area (Å²) in [5.41, 5.74) is 1.02. The lowest BCUT2D eigenvalue weighted by atomic mass is 10.1. The van der Waals surface area contributed by atoms with Gasteiger partial charge in [0, 0.05) is 53.9 Å². The van der Waals surface area contributed by atoms with Gasteiger partial charge in [-0.3, -0.25) is 0 Å². The fraction of sp³-hybridized carbons (Fsp3) is 0.600. The molecule has 0 aliphatic rings. The van der Waals surface area contributed by atoms with E-state index in [-0.39, 0.29) is 0 Å². The molecule has 24 heavy (non-hydrogen) atoms. The van der Waals surface area contributed by atoms with Gasteiger partial charge >= 0.3 is 17.6 Å². The molecule has 0 aromatic heterocycles. The second-order valence-corrected chi connectivity index (χ2v) is 11.0. The van der Waals surface area contributed by atoms with E-state index in [0.717, 1.165) is 10.8 Å². The van der Waals surface area contributed by atoms with Crippen LogP contribution in [0, 0.1) is 0 Å². The van der Waals surface area contributed by atoms with Gasteiger partial charge in [0.2, 0.25) is 0 Å². The molecule has 1 aromatic carbocycles. The van der Waals surface area contributed by atoms with Crippen molar-refractivity contribution >= 4 is 22.8 Å². The lowest BCUT2D eigenvalue weighted by Gasteiger charge is -2.28. The van der Waals surface area contributed by atoms with Crippen molar-refractivity contribution < 1.29 is 31.3 Å². The molecule has 1 aromatic rings. The number of rotatable bonds is 11. The Balaban J connectivity index is 3.23. The minimum Gasteiger partial charge on any atom is -0.497 e. The summed E-state index contributed by atoms with van der Waals surface area (Å²) in [6, 6.07) is 6.40. The molecule has 0 aliphatic carbocycles. The highest BCUT2D eigenvalue weighted by atomic mass is 28.4. The molecule has 0 saturated heterocycles. The van der Waals surface area contributed by atoms with Crippen LogP contribution in [0.15, 0.2) is 18.2 Å². The Bertz CT molecular complexity index is 488. The molecule has 0 spiro atoms. The summed E-state index contributed by atoms with van der Waals surface area (Å²) in [5.74, 6) is 0.713. The lowest BCUT2D eigenvalue weighted by Crippen LogP contribution is -2.56. The monoisotopic (exact) mass is 376 g/mol. The van der Waals surface area contributed by atoms with E-state index in [1.807, 2.05) is 18.2 Å². The maximum Gasteiger partial charge on any atom is 0.536 e. The second-order valence-electron chi connectivity index (χ2n) is 4.99. The molecule has 9 heteroatoms. The molecule has 0 unspecified atom stereocenters. The van der Waals surface area contributed by atoms with E-state index < -0.39 is 17.6 Å². The highest BCUT2D eigenvalue weighted by Crippen LogP contribution is 2.21. The Morgan fingerprint density at radius 1 is 0.750 bits per heavy atom. The van der Waals surface area contributed by atoms with Gasteiger partial charge in [-0.2, -0.15) is 0 Å². The van der Waals surface area contributed by atoms with Gasteiger partial charge in [0.25, 0.3) is 0 Å². The van der Waals surface area contributed by atoms with Crippen molar-refractivity contribution in [3.8, 4) is 5.75 Å². The summed E-state index contributed by atoms with van der Waals surface area (Å²) in [6.45, 7) is 0. The van der Waals surface area contributed by atoms with Crippen LogP contribution in [0.2, 0.25) is 6.04 Å². The summed E-state index contributed by atoms with van der Waals surface area (Å²) in [6.07, 6.45) is 0.673. The summed E-state index contributed by atoms with van der Waals surface area (Å²) in [7, 11) is 5.51. The minimum atomic E-state index is -3.00. The quantitative estimate of drug-likeness (QED) is 0.538. The van der Waals surface area contributed by atoms with Crippen molar-refractivity contribution in [1.82, 2.24) is 0 Å². The Hall–Kier alpha value is -0.786.